The average Bonchev–Trinajstić information content (AvgIpc) is 2.26. The van der Waals surface area contributed by atoms with E-state index >= 15 is 0 Å². The number of nitrogen functional groups attached to an aromatic ring is 1. The number of nitrogens with two attached hydrogens (primary N) is 1. The minimum absolute atomic E-state index is 0.0740. The molecule has 16 heavy (non-hydrogen) atoms. The van der Waals surface area contributed by atoms with Crippen molar-refractivity contribution < 1.29 is 9.53 Å². The quantitative estimate of drug-likeness (QED) is 0.590. The lowest BCUT2D eigenvalue weighted by Gasteiger charge is -2.09. The lowest BCUT2D eigenvalue weighted by Crippen LogP contribution is -2.26. The van der Waals surface area contributed by atoms with Crippen molar-refractivity contribution in [2.45, 2.75) is 6.92 Å². The van der Waals surface area contributed by atoms with Crippen LogP contribution in [0.1, 0.15) is 6.92 Å². The molecule has 1 amide bonds. The van der Waals surface area contributed by atoms with E-state index in [1.165, 1.54) is 20.4 Å². The minimum atomic E-state index is -0.0740. The van der Waals surface area contributed by atoms with Crippen LogP contribution >= 0.6 is 0 Å². The molecule has 0 aliphatic carbocycles. The summed E-state index contributed by atoms with van der Waals surface area (Å²) < 4.78 is 4.94. The third-order valence-electron chi connectivity index (χ3n) is 1.83. The van der Waals surface area contributed by atoms with E-state index in [0.717, 1.165) is 0 Å². The molecule has 0 fully saturated rings. The van der Waals surface area contributed by atoms with Crippen molar-refractivity contribution in [1.82, 2.24) is 15.3 Å². The number of anilines is 2. The average molecular weight is 225 g/mol. The largest absolute Gasteiger partial charge is 0.479 e. The maximum atomic E-state index is 10.6. The molecule has 0 bridgehead atoms. The molecule has 1 aromatic heterocycles. The number of methoxy groups -OCH3 is 1. The summed E-state index contributed by atoms with van der Waals surface area (Å²) in [5, 5.41) is 5.62. The van der Waals surface area contributed by atoms with Crippen LogP contribution in [-0.2, 0) is 4.79 Å². The van der Waals surface area contributed by atoms with Crippen LogP contribution in [0, 0.1) is 0 Å². The minimum Gasteiger partial charge on any atom is -0.479 e. The Bertz CT molecular complexity index is 369. The Balaban J connectivity index is 2.50. The Morgan fingerprint density at radius 1 is 1.50 bits per heavy atom. The Kier molecular flexibility index (Phi) is 4.31. The zero-order valence-electron chi connectivity index (χ0n) is 9.28. The number of carbonyl (C=O) groups excluding carboxylic acids is 1. The molecule has 0 atom stereocenters. The second-order valence-corrected chi connectivity index (χ2v) is 3.05. The van der Waals surface area contributed by atoms with Crippen molar-refractivity contribution in [2.75, 3.05) is 31.2 Å². The molecule has 7 heteroatoms. The summed E-state index contributed by atoms with van der Waals surface area (Å²) >= 11 is 0. The number of nitrogens with one attached hydrogen (secondary N) is 2. The SMILES string of the molecule is COc1ncnc(NCCNC(C)=O)c1N. The fraction of sp³-hybridized carbons (Fsp3) is 0.444. The van der Waals surface area contributed by atoms with Gasteiger partial charge >= 0.3 is 0 Å². The molecule has 0 aliphatic rings. The van der Waals surface area contributed by atoms with Gasteiger partial charge in [0.15, 0.2) is 5.82 Å². The molecule has 0 spiro atoms. The summed E-state index contributed by atoms with van der Waals surface area (Å²) in [6, 6.07) is 0. The Labute approximate surface area is 93.4 Å². The summed E-state index contributed by atoms with van der Waals surface area (Å²) in [5.41, 5.74) is 6.09. The first-order valence-electron chi connectivity index (χ1n) is 4.78. The Morgan fingerprint density at radius 3 is 2.88 bits per heavy atom. The first-order chi connectivity index (χ1) is 7.65. The van der Waals surface area contributed by atoms with E-state index < -0.39 is 0 Å². The van der Waals surface area contributed by atoms with Crippen molar-refractivity contribution >= 4 is 17.4 Å². The first-order valence-corrected chi connectivity index (χ1v) is 4.78. The smallest absolute Gasteiger partial charge is 0.242 e. The molecule has 4 N–H and O–H groups in total. The molecule has 0 unspecified atom stereocenters. The van der Waals surface area contributed by atoms with Crippen LogP contribution in [0.15, 0.2) is 6.33 Å². The van der Waals surface area contributed by atoms with Crippen LogP contribution in [0.25, 0.3) is 0 Å². The topological polar surface area (TPSA) is 102 Å². The Morgan fingerprint density at radius 2 is 2.25 bits per heavy atom. The van der Waals surface area contributed by atoms with Gasteiger partial charge in [-0.05, 0) is 0 Å². The molecule has 0 radical (unpaired) electrons. The van der Waals surface area contributed by atoms with Crippen LogP contribution < -0.4 is 21.1 Å². The predicted octanol–water partition coefficient (Wildman–Crippen LogP) is -0.385. The number of ether oxygens (including phenoxy) is 1. The van der Waals surface area contributed by atoms with Crippen molar-refractivity contribution in [3.05, 3.63) is 6.33 Å². The molecule has 0 saturated heterocycles. The van der Waals surface area contributed by atoms with Crippen molar-refractivity contribution in [3.8, 4) is 5.88 Å². The zero-order chi connectivity index (χ0) is 12.0. The van der Waals surface area contributed by atoms with E-state index in [2.05, 4.69) is 20.6 Å². The van der Waals surface area contributed by atoms with Crippen molar-refractivity contribution in [1.29, 1.82) is 0 Å². The van der Waals surface area contributed by atoms with E-state index in [4.69, 9.17) is 10.5 Å². The van der Waals surface area contributed by atoms with Crippen LogP contribution in [0.5, 0.6) is 5.88 Å². The summed E-state index contributed by atoms with van der Waals surface area (Å²) in [6.07, 6.45) is 1.36. The van der Waals surface area contributed by atoms with Gasteiger partial charge in [-0.25, -0.2) is 4.98 Å². The molecule has 1 heterocycles. The maximum absolute atomic E-state index is 10.6. The second kappa shape index (κ2) is 5.74. The van der Waals surface area contributed by atoms with Crippen molar-refractivity contribution in [2.24, 2.45) is 0 Å². The number of amides is 1. The summed E-state index contributed by atoms with van der Waals surface area (Å²) in [4.78, 5) is 18.4. The summed E-state index contributed by atoms with van der Waals surface area (Å²) in [7, 11) is 1.49. The van der Waals surface area contributed by atoms with Crippen LogP contribution in [0.3, 0.4) is 0 Å². The van der Waals surface area contributed by atoms with Crippen LogP contribution in [0.2, 0.25) is 0 Å². The van der Waals surface area contributed by atoms with Gasteiger partial charge in [0, 0.05) is 20.0 Å². The van der Waals surface area contributed by atoms with Crippen molar-refractivity contribution in [3.63, 3.8) is 0 Å². The highest BCUT2D eigenvalue weighted by Gasteiger charge is 2.06. The number of carbonyl (C=O) groups is 1. The molecule has 88 valence electrons. The van der Waals surface area contributed by atoms with E-state index in [-0.39, 0.29) is 5.91 Å². The number of hydrogen-bond donors (Lipinski definition) is 3. The summed E-state index contributed by atoms with van der Waals surface area (Å²) in [5.74, 6) is 0.754. The lowest BCUT2D eigenvalue weighted by molar-refractivity contribution is -0.118. The van der Waals surface area contributed by atoms with Gasteiger partial charge in [-0.1, -0.05) is 0 Å². The third kappa shape index (κ3) is 3.26. The highest BCUT2D eigenvalue weighted by atomic mass is 16.5. The fourth-order valence-corrected chi connectivity index (χ4v) is 1.10. The Hall–Kier alpha value is -2.05. The number of nitrogens with zero attached hydrogens (tertiary/aromatic N) is 2. The lowest BCUT2D eigenvalue weighted by atomic mass is 10.4. The zero-order valence-corrected chi connectivity index (χ0v) is 9.28. The van der Waals surface area contributed by atoms with Gasteiger partial charge in [0.2, 0.25) is 11.8 Å². The molecule has 1 rings (SSSR count). The molecule has 0 saturated carbocycles. The van der Waals surface area contributed by atoms with E-state index in [0.29, 0.717) is 30.5 Å². The second-order valence-electron chi connectivity index (χ2n) is 3.05. The van der Waals surface area contributed by atoms with Gasteiger partial charge in [-0.15, -0.1) is 0 Å². The maximum Gasteiger partial charge on any atom is 0.242 e. The molecule has 7 nitrogen and oxygen atoms in total. The summed E-state index contributed by atoms with van der Waals surface area (Å²) in [6.45, 7) is 2.49. The molecule has 0 aliphatic heterocycles. The first kappa shape index (κ1) is 12.0. The molecular weight excluding hydrogens is 210 g/mol. The predicted molar refractivity (Wildman–Crippen MR) is 60.2 cm³/mol. The van der Waals surface area contributed by atoms with Gasteiger partial charge in [0.1, 0.15) is 12.0 Å². The molecule has 0 aromatic carbocycles. The highest BCUT2D eigenvalue weighted by Crippen LogP contribution is 2.23. The normalized spacial score (nSPS) is 9.62. The standard InChI is InChI=1S/C9H15N5O2/c1-6(15)11-3-4-12-8-7(10)9(16-2)14-5-13-8/h5H,3-4,10H2,1-2H3,(H,11,15)(H,12,13,14). The van der Waals surface area contributed by atoms with Crippen LogP contribution in [0.4, 0.5) is 11.5 Å². The van der Waals surface area contributed by atoms with Gasteiger partial charge in [-0.3, -0.25) is 4.79 Å². The molecular formula is C9H15N5O2. The number of hydrogen-bond acceptors (Lipinski definition) is 6. The number of rotatable bonds is 5. The number of aromatic nitrogens is 2. The third-order valence-corrected chi connectivity index (χ3v) is 1.83. The van der Waals surface area contributed by atoms with Gasteiger partial charge in [0.05, 0.1) is 7.11 Å². The highest BCUT2D eigenvalue weighted by molar-refractivity contribution is 5.72. The van der Waals surface area contributed by atoms with Gasteiger partial charge in [-0.2, -0.15) is 4.98 Å². The van der Waals surface area contributed by atoms with Gasteiger partial charge in [0.25, 0.3) is 0 Å². The van der Waals surface area contributed by atoms with E-state index in [1.54, 1.807) is 0 Å². The molecule has 1 aromatic rings. The van der Waals surface area contributed by atoms with Gasteiger partial charge < -0.3 is 21.1 Å². The van der Waals surface area contributed by atoms with Crippen LogP contribution in [-0.4, -0.2) is 36.1 Å². The van der Waals surface area contributed by atoms with E-state index in [1.807, 2.05) is 0 Å². The van der Waals surface area contributed by atoms with E-state index in [9.17, 15) is 4.79 Å². The fourth-order valence-electron chi connectivity index (χ4n) is 1.10. The monoisotopic (exact) mass is 225 g/mol.